The summed E-state index contributed by atoms with van der Waals surface area (Å²) in [5.74, 6) is -0.378. The van der Waals surface area contributed by atoms with Crippen molar-refractivity contribution in [2.24, 2.45) is 0 Å². The Kier molecular flexibility index (Phi) is 2.02. The normalized spacial score (nSPS) is 16.2. The van der Waals surface area contributed by atoms with Gasteiger partial charge in [-0.3, -0.25) is 9.89 Å². The molecule has 1 aromatic carbocycles. The van der Waals surface area contributed by atoms with E-state index >= 15 is 0 Å². The lowest BCUT2D eigenvalue weighted by atomic mass is 9.98. The minimum atomic E-state index is -0.499. The molecule has 2 aromatic rings. The predicted molar refractivity (Wildman–Crippen MR) is 57.9 cm³/mol. The number of aromatic amines is 1. The van der Waals surface area contributed by atoms with Crippen LogP contribution < -0.4 is 0 Å². The van der Waals surface area contributed by atoms with E-state index in [1.807, 2.05) is 0 Å². The first-order chi connectivity index (χ1) is 7.77. The molecule has 1 aromatic heterocycles. The number of aromatic nitrogens is 2. The van der Waals surface area contributed by atoms with Gasteiger partial charge in [0.25, 0.3) is 0 Å². The van der Waals surface area contributed by atoms with Gasteiger partial charge in [0, 0.05) is 12.0 Å². The van der Waals surface area contributed by atoms with Crippen molar-refractivity contribution in [1.82, 2.24) is 10.2 Å². The smallest absolute Gasteiger partial charge is 0.240 e. The van der Waals surface area contributed by atoms with Crippen molar-refractivity contribution in [3.05, 3.63) is 29.2 Å². The summed E-state index contributed by atoms with van der Waals surface area (Å²) in [7, 11) is 0. The van der Waals surface area contributed by atoms with E-state index in [1.165, 1.54) is 0 Å². The number of Topliss-reactive ketones (excluding diaryl/α,β-unsaturated/α-hetero) is 1. The van der Waals surface area contributed by atoms with Crippen LogP contribution in [0.4, 0.5) is 4.39 Å². The summed E-state index contributed by atoms with van der Waals surface area (Å²) in [6.07, 6.45) is 3.14. The molecule has 1 N–H and O–H groups in total. The van der Waals surface area contributed by atoms with Crippen molar-refractivity contribution >= 4 is 16.7 Å². The number of ketones is 1. The second-order valence-electron chi connectivity index (χ2n) is 4.16. The molecule has 3 rings (SSSR count). The van der Waals surface area contributed by atoms with Gasteiger partial charge < -0.3 is 0 Å². The SMILES string of the molecule is O=C1CCCCc2c1ccc1[nH]nc(F)c21. The van der Waals surface area contributed by atoms with Crippen LogP contribution in [-0.2, 0) is 6.42 Å². The van der Waals surface area contributed by atoms with Gasteiger partial charge in [-0.05, 0) is 37.0 Å². The van der Waals surface area contributed by atoms with E-state index in [1.54, 1.807) is 12.1 Å². The van der Waals surface area contributed by atoms with Crippen molar-refractivity contribution in [3.63, 3.8) is 0 Å². The van der Waals surface area contributed by atoms with Gasteiger partial charge in [-0.1, -0.05) is 0 Å². The Balaban J connectivity index is 2.35. The average Bonchev–Trinajstić information content (AvgIpc) is 2.56. The molecule has 0 saturated carbocycles. The van der Waals surface area contributed by atoms with Crippen molar-refractivity contribution < 1.29 is 9.18 Å². The van der Waals surface area contributed by atoms with Gasteiger partial charge >= 0.3 is 0 Å². The molecule has 0 fully saturated rings. The lowest BCUT2D eigenvalue weighted by Gasteiger charge is -2.05. The van der Waals surface area contributed by atoms with Gasteiger partial charge in [-0.2, -0.15) is 4.39 Å². The van der Waals surface area contributed by atoms with Gasteiger partial charge in [0.2, 0.25) is 5.95 Å². The molecule has 1 aliphatic carbocycles. The second kappa shape index (κ2) is 3.40. The summed E-state index contributed by atoms with van der Waals surface area (Å²) in [6, 6.07) is 3.51. The lowest BCUT2D eigenvalue weighted by molar-refractivity contribution is 0.0982. The molecule has 82 valence electrons. The number of fused-ring (bicyclic) bond motifs is 3. The second-order valence-corrected chi connectivity index (χ2v) is 4.16. The van der Waals surface area contributed by atoms with Crippen LogP contribution in [0.3, 0.4) is 0 Å². The number of carbonyl (C=O) groups excluding carboxylic acids is 1. The number of rotatable bonds is 0. The first-order valence-electron chi connectivity index (χ1n) is 5.46. The molecule has 0 atom stereocenters. The first-order valence-corrected chi connectivity index (χ1v) is 5.46. The molecule has 3 nitrogen and oxygen atoms in total. The van der Waals surface area contributed by atoms with E-state index < -0.39 is 5.95 Å². The molecule has 16 heavy (non-hydrogen) atoms. The number of aryl methyl sites for hydroxylation is 1. The molecule has 1 aliphatic rings. The fourth-order valence-corrected chi connectivity index (χ4v) is 2.38. The quantitative estimate of drug-likeness (QED) is 0.691. The number of halogens is 1. The predicted octanol–water partition coefficient (Wildman–Crippen LogP) is 2.61. The van der Waals surface area contributed by atoms with Gasteiger partial charge in [-0.15, -0.1) is 5.10 Å². The molecule has 0 amide bonds. The largest absolute Gasteiger partial charge is 0.294 e. The Labute approximate surface area is 91.7 Å². The van der Waals surface area contributed by atoms with Gasteiger partial charge in [0.15, 0.2) is 5.78 Å². The highest BCUT2D eigenvalue weighted by Gasteiger charge is 2.20. The van der Waals surface area contributed by atoms with Crippen LogP contribution in [0.2, 0.25) is 0 Å². The first kappa shape index (κ1) is 9.51. The van der Waals surface area contributed by atoms with Gasteiger partial charge in [0.1, 0.15) is 0 Å². The fraction of sp³-hybridized carbons (Fsp3) is 0.333. The van der Waals surface area contributed by atoms with Crippen molar-refractivity contribution in [3.8, 4) is 0 Å². The van der Waals surface area contributed by atoms with E-state index in [-0.39, 0.29) is 5.78 Å². The minimum Gasteiger partial charge on any atom is -0.294 e. The Morgan fingerprint density at radius 1 is 1.25 bits per heavy atom. The molecule has 0 unspecified atom stereocenters. The van der Waals surface area contributed by atoms with E-state index in [0.717, 1.165) is 24.8 Å². The Morgan fingerprint density at radius 3 is 2.94 bits per heavy atom. The fourth-order valence-electron chi connectivity index (χ4n) is 2.38. The Bertz CT molecular complexity index is 574. The Hall–Kier alpha value is -1.71. The number of benzene rings is 1. The zero-order valence-corrected chi connectivity index (χ0v) is 8.72. The molecule has 4 heteroatoms. The monoisotopic (exact) mass is 218 g/mol. The molecule has 0 radical (unpaired) electrons. The van der Waals surface area contributed by atoms with Crippen molar-refractivity contribution in [1.29, 1.82) is 0 Å². The molecule has 0 bridgehead atoms. The molecule has 1 heterocycles. The van der Waals surface area contributed by atoms with Crippen LogP contribution in [0, 0.1) is 5.95 Å². The van der Waals surface area contributed by atoms with Gasteiger partial charge in [0.05, 0.1) is 10.9 Å². The van der Waals surface area contributed by atoms with Crippen LogP contribution in [0.15, 0.2) is 12.1 Å². The molecule has 0 aliphatic heterocycles. The summed E-state index contributed by atoms with van der Waals surface area (Å²) in [4.78, 5) is 11.8. The molecule has 0 spiro atoms. The number of H-pyrrole nitrogens is 1. The molecular weight excluding hydrogens is 207 g/mol. The number of nitrogens with one attached hydrogen (secondary N) is 1. The maximum atomic E-state index is 13.5. The third kappa shape index (κ3) is 1.26. The minimum absolute atomic E-state index is 0.120. The molecule has 0 saturated heterocycles. The summed E-state index contributed by atoms with van der Waals surface area (Å²) in [6.45, 7) is 0. The summed E-state index contributed by atoms with van der Waals surface area (Å²) >= 11 is 0. The van der Waals surface area contributed by atoms with E-state index in [0.29, 0.717) is 22.9 Å². The number of hydrogen-bond donors (Lipinski definition) is 1. The zero-order valence-electron chi connectivity index (χ0n) is 8.72. The van der Waals surface area contributed by atoms with Crippen LogP contribution in [0.25, 0.3) is 10.9 Å². The highest BCUT2D eigenvalue weighted by molar-refractivity contribution is 6.02. The summed E-state index contributed by atoms with van der Waals surface area (Å²) in [5.41, 5.74) is 2.17. The highest BCUT2D eigenvalue weighted by Crippen LogP contribution is 2.28. The van der Waals surface area contributed by atoms with E-state index in [9.17, 15) is 9.18 Å². The summed E-state index contributed by atoms with van der Waals surface area (Å²) < 4.78 is 13.5. The lowest BCUT2D eigenvalue weighted by Crippen LogP contribution is -2.00. The third-order valence-corrected chi connectivity index (χ3v) is 3.17. The van der Waals surface area contributed by atoms with Crippen molar-refractivity contribution in [2.75, 3.05) is 0 Å². The van der Waals surface area contributed by atoms with E-state index in [2.05, 4.69) is 10.2 Å². The number of hydrogen-bond acceptors (Lipinski definition) is 2. The topological polar surface area (TPSA) is 45.8 Å². The zero-order chi connectivity index (χ0) is 11.1. The summed E-state index contributed by atoms with van der Waals surface area (Å²) in [5, 5.41) is 6.69. The van der Waals surface area contributed by atoms with Crippen LogP contribution in [0.1, 0.15) is 35.2 Å². The number of nitrogens with zero attached hydrogens (tertiary/aromatic N) is 1. The van der Waals surface area contributed by atoms with Crippen molar-refractivity contribution in [2.45, 2.75) is 25.7 Å². The average molecular weight is 218 g/mol. The highest BCUT2D eigenvalue weighted by atomic mass is 19.1. The van der Waals surface area contributed by atoms with Crippen LogP contribution >= 0.6 is 0 Å². The number of carbonyl (C=O) groups is 1. The van der Waals surface area contributed by atoms with E-state index in [4.69, 9.17) is 0 Å². The van der Waals surface area contributed by atoms with Crippen LogP contribution in [0.5, 0.6) is 0 Å². The maximum Gasteiger partial charge on any atom is 0.240 e. The van der Waals surface area contributed by atoms with Gasteiger partial charge in [-0.25, -0.2) is 0 Å². The molecular formula is C12H11FN2O. The third-order valence-electron chi connectivity index (χ3n) is 3.17. The Morgan fingerprint density at radius 2 is 2.06 bits per heavy atom. The maximum absolute atomic E-state index is 13.5. The van der Waals surface area contributed by atoms with Crippen LogP contribution in [-0.4, -0.2) is 16.0 Å². The standard InChI is InChI=1S/C12H11FN2O/c13-12-11-8-3-1-2-4-10(16)7(8)5-6-9(11)14-15-12/h5-6H,1-4H2,(H,14,15).